The molecule has 28 heavy (non-hydrogen) atoms. The third-order valence-corrected chi connectivity index (χ3v) is 5.18. The van der Waals surface area contributed by atoms with Crippen LogP contribution in [0.25, 0.3) is 10.9 Å². The van der Waals surface area contributed by atoms with Crippen LogP contribution in [0.4, 0.5) is 4.39 Å². The van der Waals surface area contributed by atoms with Gasteiger partial charge >= 0.3 is 0 Å². The van der Waals surface area contributed by atoms with Crippen molar-refractivity contribution in [2.24, 2.45) is 5.73 Å². The molecule has 1 aliphatic rings. The van der Waals surface area contributed by atoms with E-state index in [1.807, 2.05) is 13.0 Å². The highest BCUT2D eigenvalue weighted by Crippen LogP contribution is 2.34. The molecule has 1 amide bonds. The van der Waals surface area contributed by atoms with E-state index in [4.69, 9.17) is 5.73 Å². The number of pyridine rings is 2. The fraction of sp³-hybridized carbons (Fsp3) is 0.318. The number of H-pyrrole nitrogens is 1. The number of hydrogen-bond donors (Lipinski definition) is 2. The van der Waals surface area contributed by atoms with Gasteiger partial charge in [-0.2, -0.15) is 0 Å². The molecule has 5 nitrogen and oxygen atoms in total. The molecule has 0 radical (unpaired) electrons. The second kappa shape index (κ2) is 8.78. The Balaban J connectivity index is 0.000000161. The lowest BCUT2D eigenvalue weighted by molar-refractivity contribution is 0.0997. The summed E-state index contributed by atoms with van der Waals surface area (Å²) in [6.45, 7) is 2.02. The van der Waals surface area contributed by atoms with Crippen molar-refractivity contribution in [1.82, 2.24) is 9.97 Å². The first kappa shape index (κ1) is 19.7. The Bertz CT molecular complexity index is 1030. The normalized spacial score (nSPS) is 14.4. The number of rotatable bonds is 2. The van der Waals surface area contributed by atoms with Crippen molar-refractivity contribution in [3.05, 3.63) is 75.6 Å². The lowest BCUT2D eigenvalue weighted by Crippen LogP contribution is -2.17. The van der Waals surface area contributed by atoms with Gasteiger partial charge in [0.05, 0.1) is 10.9 Å². The molecule has 0 saturated heterocycles. The average molecular weight is 381 g/mol. The highest BCUT2D eigenvalue weighted by atomic mass is 19.1. The Labute approximate surface area is 162 Å². The molecule has 146 valence electrons. The Morgan fingerprint density at radius 1 is 1.18 bits per heavy atom. The number of aryl methyl sites for hydroxylation is 1. The molecule has 0 atom stereocenters. The molecule has 3 aromatic rings. The number of fused-ring (bicyclic) bond motifs is 1. The van der Waals surface area contributed by atoms with Crippen LogP contribution >= 0.6 is 0 Å². The number of carbonyl (C=O) groups is 1. The lowest BCUT2D eigenvalue weighted by Gasteiger charge is -2.23. The average Bonchev–Trinajstić information content (AvgIpc) is 2.69. The number of carbonyl (C=O) groups excluding carboxylic acids is 1. The molecule has 1 aromatic carbocycles. The molecule has 6 heteroatoms. The largest absolute Gasteiger partial charge is 0.364 e. The number of aromatic amines is 1. The van der Waals surface area contributed by atoms with Crippen LogP contribution in [0.2, 0.25) is 0 Å². The lowest BCUT2D eigenvalue weighted by atomic mass is 9.82. The fourth-order valence-corrected chi connectivity index (χ4v) is 3.82. The van der Waals surface area contributed by atoms with Gasteiger partial charge in [-0.25, -0.2) is 4.39 Å². The first-order valence-corrected chi connectivity index (χ1v) is 9.49. The Kier molecular flexibility index (Phi) is 6.19. The van der Waals surface area contributed by atoms with Crippen LogP contribution in [0.5, 0.6) is 0 Å². The zero-order valence-electron chi connectivity index (χ0n) is 15.9. The predicted octanol–water partition coefficient (Wildman–Crippen LogP) is 4.20. The van der Waals surface area contributed by atoms with Crippen LogP contribution in [0.15, 0.2) is 47.5 Å². The van der Waals surface area contributed by atoms with Crippen LogP contribution in [-0.2, 0) is 0 Å². The van der Waals surface area contributed by atoms with E-state index in [0.717, 1.165) is 5.56 Å². The highest BCUT2D eigenvalue weighted by molar-refractivity contribution is 6.03. The second-order valence-corrected chi connectivity index (χ2v) is 7.12. The monoisotopic (exact) mass is 381 g/mol. The molecule has 3 N–H and O–H groups in total. The van der Waals surface area contributed by atoms with Crippen LogP contribution in [0.3, 0.4) is 0 Å². The van der Waals surface area contributed by atoms with Gasteiger partial charge in [0.2, 0.25) is 0 Å². The van der Waals surface area contributed by atoms with Crippen molar-refractivity contribution in [2.45, 2.75) is 44.9 Å². The minimum atomic E-state index is -0.702. The van der Waals surface area contributed by atoms with E-state index in [1.165, 1.54) is 56.1 Å². The molecule has 0 aliphatic heterocycles. The van der Waals surface area contributed by atoms with E-state index >= 15 is 0 Å². The molecular weight excluding hydrogens is 357 g/mol. The minimum Gasteiger partial charge on any atom is -0.364 e. The maximum absolute atomic E-state index is 12.9. The molecule has 0 spiro atoms. The maximum atomic E-state index is 12.9. The molecule has 0 unspecified atom stereocenters. The maximum Gasteiger partial charge on any atom is 0.268 e. The highest BCUT2D eigenvalue weighted by Gasteiger charge is 2.17. The quantitative estimate of drug-likeness (QED) is 0.697. The number of nitrogens with zero attached hydrogens (tertiary/aromatic N) is 1. The van der Waals surface area contributed by atoms with Crippen LogP contribution in [0.1, 0.15) is 59.6 Å². The summed E-state index contributed by atoms with van der Waals surface area (Å²) in [5.74, 6) is -0.126. The number of primary amides is 1. The Hall–Kier alpha value is -3.02. The molecule has 1 fully saturated rings. The summed E-state index contributed by atoms with van der Waals surface area (Å²) in [7, 11) is 0. The van der Waals surface area contributed by atoms with Gasteiger partial charge in [-0.05, 0) is 55.0 Å². The van der Waals surface area contributed by atoms with E-state index in [-0.39, 0.29) is 22.3 Å². The molecule has 2 aromatic heterocycles. The van der Waals surface area contributed by atoms with Crippen molar-refractivity contribution < 1.29 is 9.18 Å². The zero-order chi connectivity index (χ0) is 20.1. The van der Waals surface area contributed by atoms with E-state index in [2.05, 4.69) is 9.97 Å². The third kappa shape index (κ3) is 4.44. The standard InChI is InChI=1S/C13H17F.C9H7N3O2/c1-10-9-12(14)7-8-13(10)11-5-3-2-4-6-11;10-9(14)8-7-5(1-3-12-8)11-4-2-6(7)13/h7-9,11H,2-6H2,1H3;1-4H,(H2,10,14)(H,11,13). The SMILES string of the molecule is Cc1cc(F)ccc1C1CCCCC1.NC(=O)c1nccc2[nH]ccc(=O)c12. The molecule has 1 aliphatic carbocycles. The Morgan fingerprint density at radius 3 is 2.61 bits per heavy atom. The van der Waals surface area contributed by atoms with Gasteiger partial charge in [-0.3, -0.25) is 14.6 Å². The summed E-state index contributed by atoms with van der Waals surface area (Å²) in [4.78, 5) is 29.0. The van der Waals surface area contributed by atoms with Gasteiger partial charge in [0.15, 0.2) is 5.43 Å². The van der Waals surface area contributed by atoms with Crippen molar-refractivity contribution in [2.75, 3.05) is 0 Å². The Morgan fingerprint density at radius 2 is 1.93 bits per heavy atom. The third-order valence-electron chi connectivity index (χ3n) is 5.18. The van der Waals surface area contributed by atoms with E-state index in [9.17, 15) is 14.0 Å². The molecule has 2 heterocycles. The van der Waals surface area contributed by atoms with Crippen LogP contribution in [0, 0.1) is 12.7 Å². The molecule has 1 saturated carbocycles. The number of halogens is 1. The van der Waals surface area contributed by atoms with Gasteiger partial charge in [0.25, 0.3) is 5.91 Å². The fourth-order valence-electron chi connectivity index (χ4n) is 3.82. The minimum absolute atomic E-state index is 0.00403. The topological polar surface area (TPSA) is 88.8 Å². The summed E-state index contributed by atoms with van der Waals surface area (Å²) in [5.41, 5.74) is 7.88. The van der Waals surface area contributed by atoms with Crippen molar-refractivity contribution in [3.63, 3.8) is 0 Å². The van der Waals surface area contributed by atoms with E-state index in [0.29, 0.717) is 11.4 Å². The zero-order valence-corrected chi connectivity index (χ0v) is 15.9. The second-order valence-electron chi connectivity index (χ2n) is 7.12. The van der Waals surface area contributed by atoms with Crippen molar-refractivity contribution >= 4 is 16.8 Å². The molecule has 0 bridgehead atoms. The number of nitrogens with two attached hydrogens (primary N) is 1. The smallest absolute Gasteiger partial charge is 0.268 e. The summed E-state index contributed by atoms with van der Waals surface area (Å²) >= 11 is 0. The van der Waals surface area contributed by atoms with Crippen LogP contribution in [-0.4, -0.2) is 15.9 Å². The molecular formula is C22H24FN3O2. The van der Waals surface area contributed by atoms with Gasteiger partial charge in [-0.1, -0.05) is 25.3 Å². The van der Waals surface area contributed by atoms with Gasteiger partial charge in [0.1, 0.15) is 11.5 Å². The van der Waals surface area contributed by atoms with Gasteiger partial charge in [-0.15, -0.1) is 0 Å². The summed E-state index contributed by atoms with van der Waals surface area (Å²) in [5, 5.41) is 0.238. The first-order valence-electron chi connectivity index (χ1n) is 9.49. The predicted molar refractivity (Wildman–Crippen MR) is 108 cm³/mol. The van der Waals surface area contributed by atoms with E-state index < -0.39 is 5.91 Å². The summed E-state index contributed by atoms with van der Waals surface area (Å²) in [6, 6.07) is 8.17. The number of benzene rings is 1. The van der Waals surface area contributed by atoms with Crippen molar-refractivity contribution in [1.29, 1.82) is 0 Å². The van der Waals surface area contributed by atoms with Gasteiger partial charge in [0, 0.05) is 18.5 Å². The van der Waals surface area contributed by atoms with Gasteiger partial charge < -0.3 is 10.7 Å². The number of aromatic nitrogens is 2. The van der Waals surface area contributed by atoms with E-state index in [1.54, 1.807) is 18.2 Å². The summed E-state index contributed by atoms with van der Waals surface area (Å²) in [6.07, 6.45) is 9.55. The summed E-state index contributed by atoms with van der Waals surface area (Å²) < 4.78 is 12.9. The number of nitrogens with one attached hydrogen (secondary N) is 1. The first-order chi connectivity index (χ1) is 13.5. The molecule has 4 rings (SSSR count). The number of hydrogen-bond acceptors (Lipinski definition) is 3. The number of amides is 1. The van der Waals surface area contributed by atoms with Crippen LogP contribution < -0.4 is 11.2 Å². The van der Waals surface area contributed by atoms with Crippen molar-refractivity contribution in [3.8, 4) is 0 Å².